The summed E-state index contributed by atoms with van der Waals surface area (Å²) in [4.78, 5) is 26.5. The number of nitrogens with one attached hydrogen (secondary N) is 3. The lowest BCUT2D eigenvalue weighted by Crippen LogP contribution is -2.44. The monoisotopic (exact) mass is 408 g/mol. The summed E-state index contributed by atoms with van der Waals surface area (Å²) in [5.74, 6) is 0.298. The van der Waals surface area contributed by atoms with Crippen LogP contribution in [0, 0.1) is 11.3 Å². The largest absolute Gasteiger partial charge is 0.508 e. The highest BCUT2D eigenvalue weighted by atomic mass is 16.3. The van der Waals surface area contributed by atoms with Crippen molar-refractivity contribution in [3.8, 4) is 5.75 Å². The molecule has 1 unspecified atom stereocenters. The molecule has 158 valence electrons. The number of rotatable bonds is 7. The van der Waals surface area contributed by atoms with Crippen molar-refractivity contribution >= 4 is 17.8 Å². The lowest BCUT2D eigenvalue weighted by atomic mass is 9.91. The van der Waals surface area contributed by atoms with Gasteiger partial charge in [-0.25, -0.2) is 0 Å². The number of phenolic OH excluding ortho intramolecular Hbond substituents is 1. The first-order valence-corrected chi connectivity index (χ1v) is 10.0. The Bertz CT molecular complexity index is 938. The molecule has 0 aliphatic carbocycles. The minimum absolute atomic E-state index is 0.0774. The van der Waals surface area contributed by atoms with Gasteiger partial charge in [0.2, 0.25) is 0 Å². The fraction of sp³-hybridized carbons (Fsp3) is 0.348. The summed E-state index contributed by atoms with van der Waals surface area (Å²) in [6.45, 7) is 6.67. The molecule has 1 saturated heterocycles. The molecule has 7 nitrogen and oxygen atoms in total. The van der Waals surface area contributed by atoms with Gasteiger partial charge in [0.05, 0.1) is 6.54 Å². The summed E-state index contributed by atoms with van der Waals surface area (Å²) < 4.78 is 0. The Kier molecular flexibility index (Phi) is 6.10. The molecule has 1 fully saturated rings. The minimum Gasteiger partial charge on any atom is -0.508 e. The maximum absolute atomic E-state index is 12.8. The Hall–Kier alpha value is -3.35. The normalized spacial score (nSPS) is 18.6. The molecule has 1 aliphatic heterocycles. The Balaban J connectivity index is 1.58. The number of hydrogen-bond acceptors (Lipinski definition) is 4. The molecule has 4 N–H and O–H groups in total. The van der Waals surface area contributed by atoms with Gasteiger partial charge in [-0.15, -0.1) is 0 Å². The molecule has 3 rings (SSSR count). The average Bonchev–Trinajstić information content (AvgIpc) is 2.90. The molecule has 1 atom stereocenters. The van der Waals surface area contributed by atoms with Crippen molar-refractivity contribution in [2.24, 2.45) is 5.92 Å². The van der Waals surface area contributed by atoms with E-state index in [0.29, 0.717) is 31.0 Å². The summed E-state index contributed by atoms with van der Waals surface area (Å²) in [6.07, 6.45) is 0.671. The van der Waals surface area contributed by atoms with Gasteiger partial charge in [-0.3, -0.25) is 19.9 Å². The van der Waals surface area contributed by atoms with Gasteiger partial charge < -0.3 is 15.7 Å². The Morgan fingerprint density at radius 1 is 1.13 bits per heavy atom. The van der Waals surface area contributed by atoms with Crippen LogP contribution in [-0.4, -0.2) is 33.3 Å². The molecule has 0 saturated carbocycles. The predicted molar refractivity (Wildman–Crippen MR) is 115 cm³/mol. The predicted octanol–water partition coefficient (Wildman–Crippen LogP) is 2.99. The van der Waals surface area contributed by atoms with E-state index in [-0.39, 0.29) is 23.5 Å². The van der Waals surface area contributed by atoms with Crippen LogP contribution >= 0.6 is 0 Å². The Labute approximate surface area is 176 Å². The van der Waals surface area contributed by atoms with Crippen LogP contribution in [0.15, 0.2) is 48.5 Å². The number of carbonyl (C=O) groups excluding carboxylic acids is 2. The van der Waals surface area contributed by atoms with E-state index >= 15 is 0 Å². The highest BCUT2D eigenvalue weighted by Gasteiger charge is 2.45. The third-order valence-electron chi connectivity index (χ3n) is 5.14. The summed E-state index contributed by atoms with van der Waals surface area (Å²) in [7, 11) is 0. The van der Waals surface area contributed by atoms with Gasteiger partial charge in [0.1, 0.15) is 11.3 Å². The zero-order valence-corrected chi connectivity index (χ0v) is 17.5. The van der Waals surface area contributed by atoms with Crippen molar-refractivity contribution in [2.75, 3.05) is 0 Å². The van der Waals surface area contributed by atoms with E-state index in [1.807, 2.05) is 31.2 Å². The number of aromatic hydroxyl groups is 1. The molecule has 2 aromatic carbocycles. The van der Waals surface area contributed by atoms with Gasteiger partial charge in [-0.05, 0) is 54.7 Å². The maximum Gasteiger partial charge on any atom is 0.255 e. The van der Waals surface area contributed by atoms with E-state index in [1.54, 1.807) is 12.1 Å². The minimum atomic E-state index is -0.732. The van der Waals surface area contributed by atoms with Crippen LogP contribution in [-0.2, 0) is 17.9 Å². The van der Waals surface area contributed by atoms with E-state index < -0.39 is 5.54 Å². The van der Waals surface area contributed by atoms with Crippen molar-refractivity contribution in [1.82, 2.24) is 15.5 Å². The number of amides is 2. The summed E-state index contributed by atoms with van der Waals surface area (Å²) >= 11 is 0. The maximum atomic E-state index is 12.8. The number of guanidine groups is 1. The highest BCUT2D eigenvalue weighted by molar-refractivity contribution is 6.07. The molecule has 0 aromatic heterocycles. The second-order valence-electron chi connectivity index (χ2n) is 8.34. The molecular formula is C23H28N4O3. The van der Waals surface area contributed by atoms with E-state index in [4.69, 9.17) is 5.41 Å². The summed E-state index contributed by atoms with van der Waals surface area (Å²) in [5, 5.41) is 23.3. The van der Waals surface area contributed by atoms with Crippen molar-refractivity contribution in [3.63, 3.8) is 0 Å². The SMILES string of the molecule is CC(C)CC1(C)NC(=N)N(Cc2ccc(CNC(=O)c3ccc(O)cc3)cc2)C1=O. The molecule has 7 heteroatoms. The zero-order valence-electron chi connectivity index (χ0n) is 17.5. The number of carbonyl (C=O) groups is 2. The molecule has 2 aromatic rings. The van der Waals surface area contributed by atoms with Crippen LogP contribution in [0.1, 0.15) is 48.7 Å². The number of phenols is 1. The van der Waals surface area contributed by atoms with Gasteiger partial charge in [-0.1, -0.05) is 38.1 Å². The van der Waals surface area contributed by atoms with E-state index in [0.717, 1.165) is 11.1 Å². The number of nitrogens with zero attached hydrogens (tertiary/aromatic N) is 1. The Morgan fingerprint density at radius 3 is 2.33 bits per heavy atom. The van der Waals surface area contributed by atoms with Crippen LogP contribution in [0.4, 0.5) is 0 Å². The molecule has 2 amide bonds. The first-order chi connectivity index (χ1) is 14.2. The van der Waals surface area contributed by atoms with Crippen molar-refractivity contribution in [3.05, 3.63) is 65.2 Å². The first-order valence-electron chi connectivity index (χ1n) is 10.0. The van der Waals surface area contributed by atoms with Crippen LogP contribution in [0.2, 0.25) is 0 Å². The fourth-order valence-corrected chi connectivity index (χ4v) is 3.73. The van der Waals surface area contributed by atoms with Crippen molar-refractivity contribution in [1.29, 1.82) is 5.41 Å². The van der Waals surface area contributed by atoms with Gasteiger partial charge >= 0.3 is 0 Å². The second-order valence-corrected chi connectivity index (χ2v) is 8.34. The molecular weight excluding hydrogens is 380 g/mol. The second kappa shape index (κ2) is 8.57. The molecule has 1 heterocycles. The van der Waals surface area contributed by atoms with Crippen LogP contribution in [0.3, 0.4) is 0 Å². The van der Waals surface area contributed by atoms with Crippen molar-refractivity contribution in [2.45, 2.75) is 45.8 Å². The number of hydrogen-bond donors (Lipinski definition) is 4. The lowest BCUT2D eigenvalue weighted by Gasteiger charge is -2.24. The van der Waals surface area contributed by atoms with Crippen molar-refractivity contribution < 1.29 is 14.7 Å². The van der Waals surface area contributed by atoms with Gasteiger partial charge in [-0.2, -0.15) is 0 Å². The first kappa shape index (κ1) is 21.4. The van der Waals surface area contributed by atoms with E-state index in [1.165, 1.54) is 17.0 Å². The standard InChI is InChI=1S/C23H28N4O3/c1-15(2)12-23(3)21(30)27(22(24)26-23)14-17-6-4-16(5-7-17)13-25-20(29)18-8-10-19(28)11-9-18/h4-11,15,28H,12-14H2,1-3H3,(H2,24,26)(H,25,29). The molecule has 0 bridgehead atoms. The quantitative estimate of drug-likeness (QED) is 0.565. The van der Waals surface area contributed by atoms with Gasteiger partial charge in [0.25, 0.3) is 11.8 Å². The molecule has 1 aliphatic rings. The fourth-order valence-electron chi connectivity index (χ4n) is 3.73. The van der Waals surface area contributed by atoms with Gasteiger partial charge in [0, 0.05) is 12.1 Å². The van der Waals surface area contributed by atoms with E-state index in [2.05, 4.69) is 24.5 Å². The third-order valence-corrected chi connectivity index (χ3v) is 5.14. The topological polar surface area (TPSA) is 106 Å². The molecule has 30 heavy (non-hydrogen) atoms. The summed E-state index contributed by atoms with van der Waals surface area (Å²) in [6, 6.07) is 13.7. The zero-order chi connectivity index (χ0) is 21.9. The van der Waals surface area contributed by atoms with Crippen LogP contribution < -0.4 is 10.6 Å². The van der Waals surface area contributed by atoms with Crippen LogP contribution in [0.5, 0.6) is 5.75 Å². The van der Waals surface area contributed by atoms with Crippen LogP contribution in [0.25, 0.3) is 0 Å². The average molecular weight is 409 g/mol. The lowest BCUT2D eigenvalue weighted by molar-refractivity contribution is -0.131. The molecule has 0 radical (unpaired) electrons. The van der Waals surface area contributed by atoms with E-state index in [9.17, 15) is 14.7 Å². The van der Waals surface area contributed by atoms with Gasteiger partial charge in [0.15, 0.2) is 5.96 Å². The molecule has 0 spiro atoms. The smallest absolute Gasteiger partial charge is 0.255 e. The Morgan fingerprint density at radius 2 is 1.73 bits per heavy atom. The summed E-state index contributed by atoms with van der Waals surface area (Å²) in [5.41, 5.74) is 1.59. The number of benzene rings is 2. The third kappa shape index (κ3) is 4.79. The highest BCUT2D eigenvalue weighted by Crippen LogP contribution is 2.26.